The summed E-state index contributed by atoms with van der Waals surface area (Å²) in [5.41, 5.74) is 1.83. The van der Waals surface area contributed by atoms with Crippen LogP contribution in [0.5, 0.6) is 0 Å². The molecule has 0 saturated heterocycles. The van der Waals surface area contributed by atoms with Crippen LogP contribution in [-0.4, -0.2) is 37.2 Å². The highest BCUT2D eigenvalue weighted by molar-refractivity contribution is 6.36. The first-order chi connectivity index (χ1) is 11.6. The highest BCUT2D eigenvalue weighted by Crippen LogP contribution is 2.21. The Hall–Kier alpha value is -3.55. The number of carbonyl (C=O) groups is 2. The highest BCUT2D eigenvalue weighted by atomic mass is 16.4. The summed E-state index contributed by atoms with van der Waals surface area (Å²) < 4.78 is 1.48. The molecule has 0 aliphatic rings. The van der Waals surface area contributed by atoms with Crippen LogP contribution in [0.3, 0.4) is 0 Å². The molecular formula is C16H13N5O3. The van der Waals surface area contributed by atoms with Gasteiger partial charge in [0.2, 0.25) is 0 Å². The van der Waals surface area contributed by atoms with Gasteiger partial charge in [-0.3, -0.25) is 4.79 Å². The number of amides is 1. The third-order valence-electron chi connectivity index (χ3n) is 3.31. The molecule has 0 aliphatic carbocycles. The largest absolute Gasteiger partial charge is 0.474 e. The molecule has 8 heteroatoms. The van der Waals surface area contributed by atoms with Gasteiger partial charge in [0, 0.05) is 6.42 Å². The van der Waals surface area contributed by atoms with Crippen molar-refractivity contribution in [1.29, 1.82) is 0 Å². The Morgan fingerprint density at radius 1 is 1.04 bits per heavy atom. The Labute approximate surface area is 136 Å². The summed E-state index contributed by atoms with van der Waals surface area (Å²) in [4.78, 5) is 22.2. The number of hydrogen-bond donors (Lipinski definition) is 2. The van der Waals surface area contributed by atoms with Crippen molar-refractivity contribution in [2.75, 3.05) is 5.32 Å². The molecule has 3 rings (SSSR count). The lowest BCUT2D eigenvalue weighted by Crippen LogP contribution is -2.23. The summed E-state index contributed by atoms with van der Waals surface area (Å²) in [6, 6.07) is 16.4. The molecule has 0 atom stereocenters. The van der Waals surface area contributed by atoms with Gasteiger partial charge >= 0.3 is 11.9 Å². The molecule has 8 nitrogen and oxygen atoms in total. The molecule has 0 radical (unpaired) electrons. The Morgan fingerprint density at radius 2 is 1.75 bits per heavy atom. The van der Waals surface area contributed by atoms with Gasteiger partial charge in [-0.05, 0) is 28.1 Å². The van der Waals surface area contributed by atoms with E-state index in [4.69, 9.17) is 5.11 Å². The Bertz CT molecular complexity index is 876. The predicted molar refractivity (Wildman–Crippen MR) is 84.7 cm³/mol. The number of rotatable bonds is 4. The summed E-state index contributed by atoms with van der Waals surface area (Å²) in [5.74, 6) is -2.12. The van der Waals surface area contributed by atoms with Gasteiger partial charge in [-0.2, -0.15) is 4.68 Å². The van der Waals surface area contributed by atoms with Gasteiger partial charge in [0.1, 0.15) is 0 Å². The molecule has 0 spiro atoms. The van der Waals surface area contributed by atoms with Crippen molar-refractivity contribution in [3.8, 4) is 5.69 Å². The molecule has 2 N–H and O–H groups in total. The number of anilines is 1. The lowest BCUT2D eigenvalue weighted by molar-refractivity contribution is -0.147. The zero-order valence-electron chi connectivity index (χ0n) is 12.5. The fraction of sp³-hybridized carbons (Fsp3) is 0.0625. The normalized spacial score (nSPS) is 10.3. The minimum atomic E-state index is -1.56. The maximum Gasteiger partial charge on any atom is 0.394 e. The lowest BCUT2D eigenvalue weighted by atomic mass is 10.1. The molecule has 1 amide bonds. The summed E-state index contributed by atoms with van der Waals surface area (Å²) in [6.07, 6.45) is 0.495. The smallest absolute Gasteiger partial charge is 0.394 e. The third-order valence-corrected chi connectivity index (χ3v) is 3.31. The molecule has 0 unspecified atom stereocenters. The number of para-hydroxylation sites is 2. The Morgan fingerprint density at radius 3 is 2.50 bits per heavy atom. The number of carboxylic acid groups (broad SMARTS) is 1. The summed E-state index contributed by atoms with van der Waals surface area (Å²) in [5, 5.41) is 22.7. The summed E-state index contributed by atoms with van der Waals surface area (Å²) in [6.45, 7) is 0. The van der Waals surface area contributed by atoms with Crippen LogP contribution >= 0.6 is 0 Å². The number of aromatic nitrogens is 4. The number of benzene rings is 2. The number of nitrogens with one attached hydrogen (secondary N) is 1. The first-order valence-corrected chi connectivity index (χ1v) is 7.10. The molecule has 0 saturated carbocycles. The molecule has 1 aromatic heterocycles. The van der Waals surface area contributed by atoms with Gasteiger partial charge in [0.25, 0.3) is 0 Å². The van der Waals surface area contributed by atoms with Crippen LogP contribution in [0.4, 0.5) is 5.69 Å². The molecule has 0 fully saturated rings. The fourth-order valence-corrected chi connectivity index (χ4v) is 2.22. The van der Waals surface area contributed by atoms with E-state index < -0.39 is 11.9 Å². The van der Waals surface area contributed by atoms with E-state index in [0.29, 0.717) is 23.6 Å². The standard InChI is InChI=1S/C16H13N5O3/c22-15(16(23)24)17-12-8-4-5-9-13(12)21-14(18-19-20-21)10-11-6-2-1-3-7-11/h1-9H,10H2,(H,17,22)(H,23,24). The average molecular weight is 323 g/mol. The van der Waals surface area contributed by atoms with Crippen LogP contribution in [-0.2, 0) is 16.0 Å². The first-order valence-electron chi connectivity index (χ1n) is 7.10. The number of hydrogen-bond acceptors (Lipinski definition) is 5. The summed E-state index contributed by atoms with van der Waals surface area (Å²) in [7, 11) is 0. The first kappa shape index (κ1) is 15.3. The second-order valence-electron chi connectivity index (χ2n) is 4.95. The monoisotopic (exact) mass is 323 g/mol. The Kier molecular flexibility index (Phi) is 4.28. The van der Waals surface area contributed by atoms with Gasteiger partial charge in [0.05, 0.1) is 11.4 Å². The van der Waals surface area contributed by atoms with Crippen molar-refractivity contribution in [3.63, 3.8) is 0 Å². The molecule has 3 aromatic rings. The van der Waals surface area contributed by atoms with E-state index in [9.17, 15) is 9.59 Å². The van der Waals surface area contributed by atoms with E-state index in [1.807, 2.05) is 30.3 Å². The van der Waals surface area contributed by atoms with Crippen molar-refractivity contribution in [3.05, 3.63) is 66.0 Å². The van der Waals surface area contributed by atoms with Gasteiger partial charge < -0.3 is 10.4 Å². The molecule has 0 bridgehead atoms. The number of carbonyl (C=O) groups excluding carboxylic acids is 1. The predicted octanol–water partition coefficient (Wildman–Crippen LogP) is 1.28. The molecule has 1 heterocycles. The van der Waals surface area contributed by atoms with Gasteiger partial charge in [-0.25, -0.2) is 4.79 Å². The zero-order chi connectivity index (χ0) is 16.9. The molecule has 120 valence electrons. The van der Waals surface area contributed by atoms with E-state index in [1.165, 1.54) is 4.68 Å². The molecule has 24 heavy (non-hydrogen) atoms. The quantitative estimate of drug-likeness (QED) is 0.700. The van der Waals surface area contributed by atoms with Crippen LogP contribution in [0, 0.1) is 0 Å². The van der Waals surface area contributed by atoms with Gasteiger partial charge in [-0.1, -0.05) is 42.5 Å². The SMILES string of the molecule is O=C(O)C(=O)Nc1ccccc1-n1nnnc1Cc1ccccc1. The van der Waals surface area contributed by atoms with Gasteiger partial charge in [-0.15, -0.1) is 5.10 Å². The van der Waals surface area contributed by atoms with Crippen LogP contribution in [0.2, 0.25) is 0 Å². The highest BCUT2D eigenvalue weighted by Gasteiger charge is 2.17. The third kappa shape index (κ3) is 3.27. The second kappa shape index (κ2) is 6.69. The topological polar surface area (TPSA) is 110 Å². The van der Waals surface area contributed by atoms with Gasteiger partial charge in [0.15, 0.2) is 5.82 Å². The van der Waals surface area contributed by atoms with Crippen molar-refractivity contribution in [2.24, 2.45) is 0 Å². The van der Waals surface area contributed by atoms with Crippen molar-refractivity contribution in [1.82, 2.24) is 20.2 Å². The van der Waals surface area contributed by atoms with E-state index in [2.05, 4.69) is 20.8 Å². The maximum atomic E-state index is 11.4. The summed E-state index contributed by atoms with van der Waals surface area (Å²) >= 11 is 0. The molecular weight excluding hydrogens is 310 g/mol. The minimum Gasteiger partial charge on any atom is -0.474 e. The maximum absolute atomic E-state index is 11.4. The van der Waals surface area contributed by atoms with E-state index in [-0.39, 0.29) is 0 Å². The number of aliphatic carboxylic acids is 1. The van der Waals surface area contributed by atoms with Crippen LogP contribution in [0.15, 0.2) is 54.6 Å². The van der Waals surface area contributed by atoms with E-state index in [1.54, 1.807) is 24.3 Å². The van der Waals surface area contributed by atoms with E-state index in [0.717, 1.165) is 5.56 Å². The number of nitrogens with zero attached hydrogens (tertiary/aromatic N) is 4. The second-order valence-corrected chi connectivity index (χ2v) is 4.95. The number of tetrazole rings is 1. The van der Waals surface area contributed by atoms with Crippen molar-refractivity contribution >= 4 is 17.6 Å². The van der Waals surface area contributed by atoms with Crippen molar-refractivity contribution < 1.29 is 14.7 Å². The van der Waals surface area contributed by atoms with E-state index >= 15 is 0 Å². The molecule has 2 aromatic carbocycles. The molecule has 0 aliphatic heterocycles. The average Bonchev–Trinajstić information content (AvgIpc) is 3.04. The van der Waals surface area contributed by atoms with Crippen molar-refractivity contribution in [2.45, 2.75) is 6.42 Å². The lowest BCUT2D eigenvalue weighted by Gasteiger charge is -2.10. The minimum absolute atomic E-state index is 0.312. The fourth-order valence-electron chi connectivity index (χ4n) is 2.22. The zero-order valence-corrected chi connectivity index (χ0v) is 12.5. The Balaban J connectivity index is 1.94. The van der Waals surface area contributed by atoms with Crippen LogP contribution in [0.1, 0.15) is 11.4 Å². The number of carboxylic acids is 1. The van der Waals surface area contributed by atoms with Crippen LogP contribution in [0.25, 0.3) is 5.69 Å². The van der Waals surface area contributed by atoms with Crippen LogP contribution < -0.4 is 5.32 Å².